The molecule has 0 aliphatic rings. The summed E-state index contributed by atoms with van der Waals surface area (Å²) in [6.07, 6.45) is 1.78. The van der Waals surface area contributed by atoms with Gasteiger partial charge < -0.3 is 15.4 Å². The minimum absolute atomic E-state index is 0.0212. The molecule has 0 radical (unpaired) electrons. The maximum atomic E-state index is 12.0. The molecule has 0 saturated heterocycles. The second-order valence-electron chi connectivity index (χ2n) is 7.12. The van der Waals surface area contributed by atoms with Gasteiger partial charge in [-0.3, -0.25) is 4.79 Å². The maximum absolute atomic E-state index is 12.0. The lowest BCUT2D eigenvalue weighted by Crippen LogP contribution is -2.31. The van der Waals surface area contributed by atoms with E-state index in [0.717, 1.165) is 34.3 Å². The van der Waals surface area contributed by atoms with Gasteiger partial charge in [0.1, 0.15) is 11.6 Å². The summed E-state index contributed by atoms with van der Waals surface area (Å²) in [7, 11) is 0. The molecule has 0 saturated carbocycles. The number of para-hydroxylation sites is 1. The zero-order valence-corrected chi connectivity index (χ0v) is 18.4. The van der Waals surface area contributed by atoms with E-state index in [1.165, 1.54) is 0 Å². The molecule has 0 atom stereocenters. The van der Waals surface area contributed by atoms with Crippen LogP contribution in [0, 0.1) is 5.92 Å². The molecule has 2 heterocycles. The van der Waals surface area contributed by atoms with E-state index in [1.54, 1.807) is 22.6 Å². The predicted octanol–water partition coefficient (Wildman–Crippen LogP) is 3.20. The summed E-state index contributed by atoms with van der Waals surface area (Å²) in [6.45, 7) is 8.13. The first-order valence-corrected chi connectivity index (χ1v) is 11.1. The van der Waals surface area contributed by atoms with Crippen molar-refractivity contribution in [2.24, 2.45) is 5.92 Å². The first-order chi connectivity index (χ1) is 14.6. The molecule has 3 aromatic rings. The van der Waals surface area contributed by atoms with Crippen LogP contribution in [0.1, 0.15) is 20.8 Å². The number of hydrogen-bond acceptors (Lipinski definition) is 7. The van der Waals surface area contributed by atoms with Gasteiger partial charge in [0.05, 0.1) is 18.1 Å². The smallest absolute Gasteiger partial charge is 0.258 e. The largest absolute Gasteiger partial charge is 0.484 e. The van der Waals surface area contributed by atoms with Crippen LogP contribution in [-0.4, -0.2) is 51.1 Å². The Morgan fingerprint density at radius 2 is 2.03 bits per heavy atom. The van der Waals surface area contributed by atoms with Gasteiger partial charge >= 0.3 is 0 Å². The summed E-state index contributed by atoms with van der Waals surface area (Å²) >= 11 is 1.59. The molecular weight excluding hydrogens is 400 g/mol. The highest BCUT2D eigenvalue weighted by atomic mass is 32.2. The molecule has 0 spiro atoms. The molecule has 0 fully saturated rings. The fourth-order valence-corrected chi connectivity index (χ4v) is 3.31. The van der Waals surface area contributed by atoms with Crippen LogP contribution >= 0.6 is 11.8 Å². The molecule has 2 aromatic heterocycles. The molecule has 1 aromatic carbocycles. The number of hydrogen-bond donors (Lipinski definition) is 2. The third-order valence-electron chi connectivity index (χ3n) is 4.19. The monoisotopic (exact) mass is 428 g/mol. The Balaban J connectivity index is 1.61. The van der Waals surface area contributed by atoms with Crippen molar-refractivity contribution in [3.63, 3.8) is 0 Å². The maximum Gasteiger partial charge on any atom is 0.258 e. The third kappa shape index (κ3) is 6.09. The van der Waals surface area contributed by atoms with Crippen LogP contribution in [-0.2, 0) is 11.3 Å². The number of benzene rings is 1. The number of carbonyl (C=O) groups is 1. The van der Waals surface area contributed by atoms with Gasteiger partial charge in [-0.05, 0) is 23.8 Å². The summed E-state index contributed by atoms with van der Waals surface area (Å²) in [5.74, 6) is 2.69. The standard InChI is InChI=1S/C21H28N6O2S/c1-4-30-21-25-19(23-12-15(2)3)17-13-24-27(20(17)26-21)11-10-22-18(28)14-29-16-8-6-5-7-9-16/h5-9,13,15H,4,10-12,14H2,1-3H3,(H,22,28)(H,23,25,26). The van der Waals surface area contributed by atoms with Crippen LogP contribution in [0.5, 0.6) is 5.75 Å². The van der Waals surface area contributed by atoms with Crippen molar-refractivity contribution in [1.82, 2.24) is 25.1 Å². The van der Waals surface area contributed by atoms with E-state index in [0.29, 0.717) is 24.8 Å². The van der Waals surface area contributed by atoms with E-state index < -0.39 is 0 Å². The fourth-order valence-electron chi connectivity index (χ4n) is 2.75. The van der Waals surface area contributed by atoms with Crippen molar-refractivity contribution >= 4 is 34.5 Å². The van der Waals surface area contributed by atoms with E-state index >= 15 is 0 Å². The first-order valence-electron chi connectivity index (χ1n) is 10.1. The van der Waals surface area contributed by atoms with Crippen LogP contribution in [0.4, 0.5) is 5.82 Å². The summed E-state index contributed by atoms with van der Waals surface area (Å²) in [5.41, 5.74) is 0.766. The van der Waals surface area contributed by atoms with Gasteiger partial charge in [-0.25, -0.2) is 14.6 Å². The van der Waals surface area contributed by atoms with E-state index in [2.05, 4.69) is 46.5 Å². The number of nitrogens with zero attached hydrogens (tertiary/aromatic N) is 4. The number of ether oxygens (including phenoxy) is 1. The van der Waals surface area contributed by atoms with Gasteiger partial charge in [-0.1, -0.05) is 50.7 Å². The van der Waals surface area contributed by atoms with Crippen LogP contribution in [0.2, 0.25) is 0 Å². The fraction of sp³-hybridized carbons (Fsp3) is 0.429. The molecular formula is C21H28N6O2S. The molecule has 0 aliphatic heterocycles. The average Bonchev–Trinajstić information content (AvgIpc) is 3.14. The number of fused-ring (bicyclic) bond motifs is 1. The van der Waals surface area contributed by atoms with Crippen molar-refractivity contribution in [2.45, 2.75) is 32.5 Å². The Hall–Kier alpha value is -2.81. The van der Waals surface area contributed by atoms with Crippen molar-refractivity contribution in [3.8, 4) is 5.75 Å². The van der Waals surface area contributed by atoms with E-state index in [9.17, 15) is 4.79 Å². The molecule has 0 unspecified atom stereocenters. The second kappa shape index (κ2) is 10.8. The Kier molecular flexibility index (Phi) is 7.89. The van der Waals surface area contributed by atoms with Crippen LogP contribution < -0.4 is 15.4 Å². The van der Waals surface area contributed by atoms with Gasteiger partial charge in [-0.2, -0.15) is 5.10 Å². The molecule has 0 aliphatic carbocycles. The Morgan fingerprint density at radius 3 is 2.77 bits per heavy atom. The third-order valence-corrected chi connectivity index (χ3v) is 4.92. The average molecular weight is 429 g/mol. The molecule has 30 heavy (non-hydrogen) atoms. The van der Waals surface area contributed by atoms with Crippen molar-refractivity contribution in [2.75, 3.05) is 30.8 Å². The van der Waals surface area contributed by atoms with Gasteiger partial charge in [-0.15, -0.1) is 0 Å². The summed E-state index contributed by atoms with van der Waals surface area (Å²) in [6, 6.07) is 9.28. The molecule has 160 valence electrons. The predicted molar refractivity (Wildman–Crippen MR) is 120 cm³/mol. The SMILES string of the molecule is CCSc1nc(NCC(C)C)c2cnn(CCNC(=O)COc3ccccc3)c2n1. The molecule has 1 amide bonds. The molecule has 3 rings (SSSR count). The normalized spacial score (nSPS) is 11.1. The van der Waals surface area contributed by atoms with Crippen molar-refractivity contribution in [3.05, 3.63) is 36.5 Å². The lowest BCUT2D eigenvalue weighted by molar-refractivity contribution is -0.123. The summed E-state index contributed by atoms with van der Waals surface area (Å²) in [4.78, 5) is 21.3. The zero-order valence-electron chi connectivity index (χ0n) is 17.6. The van der Waals surface area contributed by atoms with Gasteiger partial charge in [0.15, 0.2) is 17.4 Å². The molecule has 2 N–H and O–H groups in total. The quantitative estimate of drug-likeness (QED) is 0.358. The Labute approximate surface area is 180 Å². The summed E-state index contributed by atoms with van der Waals surface area (Å²) < 4.78 is 7.27. The van der Waals surface area contributed by atoms with Crippen LogP contribution in [0.3, 0.4) is 0 Å². The van der Waals surface area contributed by atoms with Gasteiger partial charge in [0.25, 0.3) is 5.91 Å². The van der Waals surface area contributed by atoms with Crippen LogP contribution in [0.15, 0.2) is 41.7 Å². The van der Waals surface area contributed by atoms with Crippen molar-refractivity contribution < 1.29 is 9.53 Å². The molecule has 9 heteroatoms. The Morgan fingerprint density at radius 1 is 1.23 bits per heavy atom. The lowest BCUT2D eigenvalue weighted by atomic mass is 10.2. The highest BCUT2D eigenvalue weighted by Crippen LogP contribution is 2.24. The number of nitrogens with one attached hydrogen (secondary N) is 2. The number of carbonyl (C=O) groups excluding carboxylic acids is 1. The van der Waals surface area contributed by atoms with Crippen LogP contribution in [0.25, 0.3) is 11.0 Å². The van der Waals surface area contributed by atoms with E-state index in [4.69, 9.17) is 4.74 Å². The Bertz CT molecular complexity index is 961. The minimum Gasteiger partial charge on any atom is -0.484 e. The zero-order chi connectivity index (χ0) is 21.3. The number of anilines is 1. The molecule has 8 nitrogen and oxygen atoms in total. The molecule has 0 bridgehead atoms. The number of aromatic nitrogens is 4. The van der Waals surface area contributed by atoms with E-state index in [1.807, 2.05) is 30.3 Å². The number of amides is 1. The number of rotatable bonds is 11. The summed E-state index contributed by atoms with van der Waals surface area (Å²) in [5, 5.41) is 12.3. The highest BCUT2D eigenvalue weighted by Gasteiger charge is 2.13. The first kappa shape index (κ1) is 21.9. The topological polar surface area (TPSA) is 94.0 Å². The van der Waals surface area contributed by atoms with E-state index in [-0.39, 0.29) is 12.5 Å². The highest BCUT2D eigenvalue weighted by molar-refractivity contribution is 7.99. The minimum atomic E-state index is -0.175. The van der Waals surface area contributed by atoms with Gasteiger partial charge in [0, 0.05) is 13.1 Å². The lowest BCUT2D eigenvalue weighted by Gasteiger charge is -2.11. The van der Waals surface area contributed by atoms with Gasteiger partial charge in [0.2, 0.25) is 0 Å². The van der Waals surface area contributed by atoms with Crippen molar-refractivity contribution in [1.29, 1.82) is 0 Å². The second-order valence-corrected chi connectivity index (χ2v) is 8.35. The number of thioether (sulfide) groups is 1.